The predicted molar refractivity (Wildman–Crippen MR) is 94.7 cm³/mol. The average Bonchev–Trinajstić information content (AvgIpc) is 3.35. The lowest BCUT2D eigenvalue weighted by molar-refractivity contribution is 0.159. The van der Waals surface area contributed by atoms with E-state index in [4.69, 9.17) is 0 Å². The van der Waals surface area contributed by atoms with E-state index in [9.17, 15) is 0 Å². The summed E-state index contributed by atoms with van der Waals surface area (Å²) in [7, 11) is 0. The van der Waals surface area contributed by atoms with Crippen LogP contribution in [0.15, 0.2) is 0 Å². The third-order valence-corrected chi connectivity index (χ3v) is 6.24. The largest absolute Gasteiger partial charge is 0.314 e. The van der Waals surface area contributed by atoms with Crippen molar-refractivity contribution >= 4 is 0 Å². The SMILES string of the molecule is Cc1c(C)c(C)c([C@H](CC2CC2)N2CCNCC2)c(C)c1C. The summed E-state index contributed by atoms with van der Waals surface area (Å²) >= 11 is 0. The maximum atomic E-state index is 3.51. The fourth-order valence-corrected chi connectivity index (χ4v) is 4.14. The molecule has 1 aromatic carbocycles. The standard InChI is InChI=1S/C20H32N2/c1-13-14(2)16(4)20(17(5)15(13)3)19(12-18-6-7-18)22-10-8-21-9-11-22/h18-19,21H,6-12H2,1-5H3/t19-/m0/s1. The van der Waals surface area contributed by atoms with E-state index in [0.717, 1.165) is 19.0 Å². The Hall–Kier alpha value is -0.860. The highest BCUT2D eigenvalue weighted by Gasteiger charge is 2.32. The number of piperazine rings is 1. The van der Waals surface area contributed by atoms with Crippen LogP contribution >= 0.6 is 0 Å². The van der Waals surface area contributed by atoms with Crippen LogP contribution in [-0.4, -0.2) is 31.1 Å². The van der Waals surface area contributed by atoms with Gasteiger partial charge in [-0.15, -0.1) is 0 Å². The topological polar surface area (TPSA) is 15.3 Å². The fourth-order valence-electron chi connectivity index (χ4n) is 4.14. The van der Waals surface area contributed by atoms with E-state index in [1.165, 1.54) is 49.0 Å². The van der Waals surface area contributed by atoms with Crippen LogP contribution in [0.25, 0.3) is 0 Å². The Balaban J connectivity index is 2.02. The van der Waals surface area contributed by atoms with Crippen molar-refractivity contribution in [3.8, 4) is 0 Å². The minimum absolute atomic E-state index is 0.632. The van der Waals surface area contributed by atoms with Crippen molar-refractivity contribution in [2.24, 2.45) is 5.92 Å². The van der Waals surface area contributed by atoms with Gasteiger partial charge in [0.15, 0.2) is 0 Å². The van der Waals surface area contributed by atoms with Crippen LogP contribution < -0.4 is 5.32 Å². The van der Waals surface area contributed by atoms with Gasteiger partial charge in [-0.25, -0.2) is 0 Å². The fraction of sp³-hybridized carbons (Fsp3) is 0.700. The zero-order valence-corrected chi connectivity index (χ0v) is 15.1. The first-order chi connectivity index (χ1) is 10.5. The van der Waals surface area contributed by atoms with Crippen molar-refractivity contribution in [2.75, 3.05) is 26.2 Å². The van der Waals surface area contributed by atoms with Gasteiger partial charge in [-0.05, 0) is 80.3 Å². The van der Waals surface area contributed by atoms with E-state index in [0.29, 0.717) is 6.04 Å². The van der Waals surface area contributed by atoms with Crippen molar-refractivity contribution in [3.05, 3.63) is 33.4 Å². The molecule has 2 aliphatic rings. The lowest BCUT2D eigenvalue weighted by atomic mass is 9.84. The molecule has 2 nitrogen and oxygen atoms in total. The molecule has 0 radical (unpaired) electrons. The third-order valence-electron chi connectivity index (χ3n) is 6.24. The molecule has 1 saturated carbocycles. The van der Waals surface area contributed by atoms with Crippen LogP contribution in [0.5, 0.6) is 0 Å². The Bertz CT molecular complexity index is 522. The van der Waals surface area contributed by atoms with E-state index in [2.05, 4.69) is 44.8 Å². The van der Waals surface area contributed by atoms with Gasteiger partial charge in [-0.2, -0.15) is 0 Å². The number of rotatable bonds is 4. The number of nitrogens with one attached hydrogen (secondary N) is 1. The van der Waals surface area contributed by atoms with Crippen LogP contribution in [0, 0.1) is 40.5 Å². The molecule has 1 aliphatic carbocycles. The third kappa shape index (κ3) is 2.96. The summed E-state index contributed by atoms with van der Waals surface area (Å²) in [6.45, 7) is 16.3. The van der Waals surface area contributed by atoms with Gasteiger partial charge in [0.05, 0.1) is 0 Å². The number of nitrogens with zero attached hydrogens (tertiary/aromatic N) is 1. The quantitative estimate of drug-likeness (QED) is 0.905. The van der Waals surface area contributed by atoms with Gasteiger partial charge in [0.2, 0.25) is 0 Å². The highest BCUT2D eigenvalue weighted by molar-refractivity contribution is 5.50. The van der Waals surface area contributed by atoms with Crippen LogP contribution in [0.3, 0.4) is 0 Å². The van der Waals surface area contributed by atoms with Crippen molar-refractivity contribution in [3.63, 3.8) is 0 Å². The Kier molecular flexibility index (Phi) is 4.61. The second-order valence-electron chi connectivity index (χ2n) is 7.52. The molecule has 0 bridgehead atoms. The van der Waals surface area contributed by atoms with Gasteiger partial charge >= 0.3 is 0 Å². The monoisotopic (exact) mass is 300 g/mol. The summed E-state index contributed by atoms with van der Waals surface area (Å²) in [6.07, 6.45) is 4.26. The van der Waals surface area contributed by atoms with Crippen LogP contribution in [0.1, 0.15) is 58.7 Å². The summed E-state index contributed by atoms with van der Waals surface area (Å²) in [5.74, 6) is 0.973. The molecule has 0 aromatic heterocycles. The van der Waals surface area contributed by atoms with Gasteiger partial charge in [0, 0.05) is 32.2 Å². The molecular weight excluding hydrogens is 268 g/mol. The maximum absolute atomic E-state index is 3.51. The highest BCUT2D eigenvalue weighted by atomic mass is 15.2. The highest BCUT2D eigenvalue weighted by Crippen LogP contribution is 2.43. The Morgan fingerprint density at radius 1 is 0.864 bits per heavy atom. The maximum Gasteiger partial charge on any atom is 0.0357 e. The lowest BCUT2D eigenvalue weighted by Crippen LogP contribution is -2.45. The van der Waals surface area contributed by atoms with Gasteiger partial charge in [0.1, 0.15) is 0 Å². The summed E-state index contributed by atoms with van der Waals surface area (Å²) < 4.78 is 0. The van der Waals surface area contributed by atoms with Gasteiger partial charge < -0.3 is 5.32 Å². The second-order valence-corrected chi connectivity index (χ2v) is 7.52. The second kappa shape index (κ2) is 6.33. The molecule has 1 aromatic rings. The molecule has 2 heteroatoms. The first-order valence-electron chi connectivity index (χ1n) is 9.02. The molecule has 3 rings (SSSR count). The lowest BCUT2D eigenvalue weighted by Gasteiger charge is -2.38. The number of hydrogen-bond acceptors (Lipinski definition) is 2. The minimum Gasteiger partial charge on any atom is -0.314 e. The normalized spacial score (nSPS) is 21.1. The van der Waals surface area contributed by atoms with Gasteiger partial charge in [-0.1, -0.05) is 12.8 Å². The zero-order valence-electron chi connectivity index (χ0n) is 15.1. The molecular formula is C20H32N2. The molecule has 0 spiro atoms. The molecule has 1 N–H and O–H groups in total. The Morgan fingerprint density at radius 3 is 1.86 bits per heavy atom. The van der Waals surface area contributed by atoms with Gasteiger partial charge in [0.25, 0.3) is 0 Å². The molecule has 2 fully saturated rings. The van der Waals surface area contributed by atoms with Crippen LogP contribution in [-0.2, 0) is 0 Å². The first kappa shape index (κ1) is 16.0. The minimum atomic E-state index is 0.632. The molecule has 0 amide bonds. The van der Waals surface area contributed by atoms with Crippen molar-refractivity contribution in [1.82, 2.24) is 10.2 Å². The van der Waals surface area contributed by atoms with Crippen LogP contribution in [0.4, 0.5) is 0 Å². The summed E-state index contributed by atoms with van der Waals surface area (Å²) in [6, 6.07) is 0.632. The molecule has 1 atom stereocenters. The smallest absolute Gasteiger partial charge is 0.0357 e. The number of hydrogen-bond donors (Lipinski definition) is 1. The average molecular weight is 300 g/mol. The summed E-state index contributed by atoms with van der Waals surface area (Å²) in [5.41, 5.74) is 9.25. The van der Waals surface area contributed by atoms with E-state index in [1.807, 2.05) is 0 Å². The molecule has 0 unspecified atom stereocenters. The zero-order chi connectivity index (χ0) is 15.9. The summed E-state index contributed by atoms with van der Waals surface area (Å²) in [5, 5.41) is 3.51. The number of benzene rings is 1. The Labute approximate surface area is 136 Å². The molecule has 22 heavy (non-hydrogen) atoms. The Morgan fingerprint density at radius 2 is 1.36 bits per heavy atom. The van der Waals surface area contributed by atoms with E-state index < -0.39 is 0 Å². The summed E-state index contributed by atoms with van der Waals surface area (Å²) in [4.78, 5) is 2.75. The predicted octanol–water partition coefficient (Wildman–Crippen LogP) is 3.98. The van der Waals surface area contributed by atoms with Crippen molar-refractivity contribution in [2.45, 2.75) is 59.9 Å². The van der Waals surface area contributed by atoms with E-state index >= 15 is 0 Å². The molecule has 1 saturated heterocycles. The van der Waals surface area contributed by atoms with Crippen molar-refractivity contribution in [1.29, 1.82) is 0 Å². The molecule has 1 heterocycles. The van der Waals surface area contributed by atoms with Crippen molar-refractivity contribution < 1.29 is 0 Å². The van der Waals surface area contributed by atoms with Gasteiger partial charge in [-0.3, -0.25) is 4.90 Å². The van der Waals surface area contributed by atoms with E-state index in [1.54, 1.807) is 16.7 Å². The molecule has 1 aliphatic heterocycles. The van der Waals surface area contributed by atoms with Crippen LogP contribution in [0.2, 0.25) is 0 Å². The van der Waals surface area contributed by atoms with E-state index in [-0.39, 0.29) is 0 Å². The first-order valence-corrected chi connectivity index (χ1v) is 9.02. The molecule has 122 valence electrons.